The first kappa shape index (κ1) is 16.1. The van der Waals surface area contributed by atoms with Crippen LogP contribution in [0.3, 0.4) is 0 Å². The van der Waals surface area contributed by atoms with Gasteiger partial charge in [-0.2, -0.15) is 0 Å². The Balaban J connectivity index is 1.71. The van der Waals surface area contributed by atoms with Gasteiger partial charge >= 0.3 is 0 Å². The Bertz CT molecular complexity index is 809. The van der Waals surface area contributed by atoms with Crippen LogP contribution in [0.4, 0.5) is 0 Å². The fourth-order valence-electron chi connectivity index (χ4n) is 3.66. The van der Waals surface area contributed by atoms with Crippen LogP contribution in [0.25, 0.3) is 5.52 Å². The molecule has 0 aromatic carbocycles. The van der Waals surface area contributed by atoms with E-state index in [1.54, 1.807) is 4.40 Å². The summed E-state index contributed by atoms with van der Waals surface area (Å²) in [5.41, 5.74) is 1.04. The van der Waals surface area contributed by atoms with Crippen molar-refractivity contribution < 1.29 is 9.59 Å². The highest BCUT2D eigenvalue weighted by atomic mass is 16.2. The van der Waals surface area contributed by atoms with Crippen LogP contribution < -0.4 is 5.32 Å². The maximum atomic E-state index is 13.2. The molecule has 3 heterocycles. The Morgan fingerprint density at radius 3 is 2.84 bits per heavy atom. The van der Waals surface area contributed by atoms with Gasteiger partial charge in [-0.25, -0.2) is 4.98 Å². The molecule has 6 nitrogen and oxygen atoms in total. The van der Waals surface area contributed by atoms with Gasteiger partial charge in [-0.05, 0) is 50.7 Å². The zero-order valence-electron chi connectivity index (χ0n) is 14.6. The number of fused-ring (bicyclic) bond motifs is 1. The quantitative estimate of drug-likeness (QED) is 0.930. The summed E-state index contributed by atoms with van der Waals surface area (Å²) < 4.78 is 1.76. The average molecular weight is 340 g/mol. The molecule has 2 aromatic rings. The second-order valence-corrected chi connectivity index (χ2v) is 7.04. The molecular weight excluding hydrogens is 316 g/mol. The summed E-state index contributed by atoms with van der Waals surface area (Å²) in [5.74, 6) is 0.0889. The van der Waals surface area contributed by atoms with E-state index in [0.29, 0.717) is 17.0 Å². The van der Waals surface area contributed by atoms with Crippen LogP contribution >= 0.6 is 0 Å². The van der Waals surface area contributed by atoms with Gasteiger partial charge in [0.2, 0.25) is 5.82 Å². The van der Waals surface area contributed by atoms with E-state index >= 15 is 0 Å². The van der Waals surface area contributed by atoms with Crippen LogP contribution in [-0.2, 0) is 0 Å². The summed E-state index contributed by atoms with van der Waals surface area (Å²) in [7, 11) is 0. The molecule has 1 N–H and O–H groups in total. The van der Waals surface area contributed by atoms with Crippen LogP contribution in [0.2, 0.25) is 0 Å². The third kappa shape index (κ3) is 3.01. The van der Waals surface area contributed by atoms with Crippen LogP contribution in [0.5, 0.6) is 0 Å². The van der Waals surface area contributed by atoms with Crippen molar-refractivity contribution >= 4 is 17.3 Å². The monoisotopic (exact) mass is 340 g/mol. The molecule has 0 spiro atoms. The predicted octanol–water partition coefficient (Wildman–Crippen LogP) is 2.63. The number of carbonyl (C=O) groups excluding carboxylic acids is 2. The second kappa shape index (κ2) is 6.50. The molecule has 1 atom stereocenters. The van der Waals surface area contributed by atoms with Crippen molar-refractivity contribution in [2.24, 2.45) is 0 Å². The summed E-state index contributed by atoms with van der Waals surface area (Å²) in [6, 6.07) is 6.11. The summed E-state index contributed by atoms with van der Waals surface area (Å²) in [6.45, 7) is 2.89. The third-order valence-electron chi connectivity index (χ3n) is 5.23. The van der Waals surface area contributed by atoms with Crippen LogP contribution in [0.15, 0.2) is 24.4 Å². The zero-order chi connectivity index (χ0) is 17.4. The van der Waals surface area contributed by atoms with Gasteiger partial charge in [0.25, 0.3) is 11.8 Å². The SMILES string of the molecule is CCC1CCCCN1C(=O)c1nc(C(=O)NC2CC2)c2ccccn12. The average Bonchev–Trinajstić information content (AvgIpc) is 3.38. The molecule has 1 saturated heterocycles. The number of nitrogens with one attached hydrogen (secondary N) is 1. The van der Waals surface area contributed by atoms with E-state index in [0.717, 1.165) is 38.6 Å². The first-order valence-electron chi connectivity index (χ1n) is 9.28. The molecule has 0 radical (unpaired) electrons. The van der Waals surface area contributed by atoms with Crippen molar-refractivity contribution in [1.29, 1.82) is 0 Å². The first-order chi connectivity index (χ1) is 12.2. The van der Waals surface area contributed by atoms with Gasteiger partial charge in [0, 0.05) is 24.8 Å². The van der Waals surface area contributed by atoms with Crippen LogP contribution in [0.1, 0.15) is 66.6 Å². The number of aromatic nitrogens is 2. The van der Waals surface area contributed by atoms with Crippen molar-refractivity contribution in [2.45, 2.75) is 57.5 Å². The number of carbonyl (C=O) groups is 2. The van der Waals surface area contributed by atoms with Crippen molar-refractivity contribution in [3.05, 3.63) is 35.9 Å². The Morgan fingerprint density at radius 1 is 1.24 bits per heavy atom. The molecule has 1 unspecified atom stereocenters. The van der Waals surface area contributed by atoms with Crippen molar-refractivity contribution in [3.8, 4) is 0 Å². The molecule has 1 saturated carbocycles. The van der Waals surface area contributed by atoms with Gasteiger partial charge in [0.1, 0.15) is 0 Å². The minimum absolute atomic E-state index is 0.0711. The van der Waals surface area contributed by atoms with Crippen molar-refractivity contribution in [1.82, 2.24) is 19.6 Å². The lowest BCUT2D eigenvalue weighted by Crippen LogP contribution is -2.44. The van der Waals surface area contributed by atoms with Crippen LogP contribution in [0, 0.1) is 0 Å². The molecule has 2 amide bonds. The summed E-state index contributed by atoms with van der Waals surface area (Å²) in [4.78, 5) is 32.1. The standard InChI is InChI=1S/C19H24N4O2/c1-2-14-7-3-5-11-22(14)19(25)17-21-16(18(24)20-13-9-10-13)15-8-4-6-12-23(15)17/h4,6,8,12-14H,2-3,5,7,9-11H2,1H3,(H,20,24). The molecule has 2 aromatic heterocycles. The minimum atomic E-state index is -0.184. The lowest BCUT2D eigenvalue weighted by Gasteiger charge is -2.34. The maximum absolute atomic E-state index is 13.2. The van der Waals surface area contributed by atoms with Crippen molar-refractivity contribution in [3.63, 3.8) is 0 Å². The molecule has 2 fully saturated rings. The molecular formula is C19H24N4O2. The molecule has 1 aliphatic heterocycles. The van der Waals surface area contributed by atoms with E-state index in [1.807, 2.05) is 29.3 Å². The van der Waals surface area contributed by atoms with Gasteiger partial charge in [-0.3, -0.25) is 14.0 Å². The van der Waals surface area contributed by atoms with Gasteiger partial charge in [0.05, 0.1) is 5.52 Å². The number of amides is 2. The maximum Gasteiger partial charge on any atom is 0.290 e. The van der Waals surface area contributed by atoms with E-state index < -0.39 is 0 Å². The highest BCUT2D eigenvalue weighted by Crippen LogP contribution is 2.24. The Kier molecular flexibility index (Phi) is 4.19. The van der Waals surface area contributed by atoms with E-state index in [2.05, 4.69) is 17.2 Å². The van der Waals surface area contributed by atoms with E-state index in [9.17, 15) is 9.59 Å². The topological polar surface area (TPSA) is 66.7 Å². The normalized spacial score (nSPS) is 20.7. The Morgan fingerprint density at radius 2 is 2.08 bits per heavy atom. The minimum Gasteiger partial charge on any atom is -0.348 e. The Labute approximate surface area is 147 Å². The van der Waals surface area contributed by atoms with Gasteiger partial charge in [-0.1, -0.05) is 13.0 Å². The highest BCUT2D eigenvalue weighted by Gasteiger charge is 2.31. The lowest BCUT2D eigenvalue weighted by atomic mass is 10.00. The Hall–Kier alpha value is -2.37. The molecule has 0 bridgehead atoms. The highest BCUT2D eigenvalue weighted by molar-refractivity contribution is 6.02. The molecule has 2 aliphatic rings. The number of hydrogen-bond donors (Lipinski definition) is 1. The summed E-state index contributed by atoms with van der Waals surface area (Å²) in [5, 5.41) is 2.97. The largest absolute Gasteiger partial charge is 0.348 e. The lowest BCUT2D eigenvalue weighted by molar-refractivity contribution is 0.0594. The summed E-state index contributed by atoms with van der Waals surface area (Å²) in [6.07, 6.45) is 8.05. The number of likely N-dealkylation sites (tertiary alicyclic amines) is 1. The van der Waals surface area contributed by atoms with Crippen LogP contribution in [-0.4, -0.2) is 44.7 Å². The number of nitrogens with zero attached hydrogens (tertiary/aromatic N) is 3. The number of imidazole rings is 1. The fraction of sp³-hybridized carbons (Fsp3) is 0.526. The summed E-state index contributed by atoms with van der Waals surface area (Å²) >= 11 is 0. The fourth-order valence-corrected chi connectivity index (χ4v) is 3.66. The number of rotatable bonds is 4. The number of piperidine rings is 1. The van der Waals surface area contributed by atoms with Crippen molar-refractivity contribution in [2.75, 3.05) is 6.54 Å². The zero-order valence-corrected chi connectivity index (χ0v) is 14.6. The van der Waals surface area contributed by atoms with E-state index in [-0.39, 0.29) is 23.9 Å². The smallest absolute Gasteiger partial charge is 0.290 e. The molecule has 4 rings (SSSR count). The number of pyridine rings is 1. The number of hydrogen-bond acceptors (Lipinski definition) is 3. The van der Waals surface area contributed by atoms with Gasteiger partial charge < -0.3 is 10.2 Å². The van der Waals surface area contributed by atoms with E-state index in [1.165, 1.54) is 6.42 Å². The predicted molar refractivity (Wildman–Crippen MR) is 94.6 cm³/mol. The van der Waals surface area contributed by atoms with Gasteiger partial charge in [0.15, 0.2) is 5.69 Å². The second-order valence-electron chi connectivity index (χ2n) is 7.04. The molecule has 25 heavy (non-hydrogen) atoms. The first-order valence-corrected chi connectivity index (χ1v) is 9.28. The molecule has 132 valence electrons. The molecule has 6 heteroatoms. The van der Waals surface area contributed by atoms with E-state index in [4.69, 9.17) is 0 Å². The molecule has 1 aliphatic carbocycles. The van der Waals surface area contributed by atoms with Gasteiger partial charge in [-0.15, -0.1) is 0 Å². The third-order valence-corrected chi connectivity index (χ3v) is 5.23.